The second kappa shape index (κ2) is 5.68. The molecule has 0 spiro atoms. The van der Waals surface area contributed by atoms with Crippen LogP contribution in [-0.4, -0.2) is 19.4 Å². The molecular weight excluding hydrogens is 318 g/mol. The zero-order valence-electron chi connectivity index (χ0n) is 11.0. The van der Waals surface area contributed by atoms with E-state index in [0.29, 0.717) is 0 Å². The van der Waals surface area contributed by atoms with Crippen molar-refractivity contribution >= 4 is 21.6 Å². The lowest BCUT2D eigenvalue weighted by Crippen LogP contribution is -2.19. The molecule has 3 aromatic rings. The summed E-state index contributed by atoms with van der Waals surface area (Å²) in [5.74, 6) is 0. The van der Waals surface area contributed by atoms with Crippen LogP contribution < -0.4 is 5.32 Å². The molecule has 0 amide bonds. The largest absolute Gasteiger partial charge is 0.305 e. The standard InChI is InChI=1S/C14H14BrN5/c1-10(11-3-2-4-16-5-11)17-6-12-7-19-14-8-18-13(15)9-20(12)14/h2-5,7-10,17H,6H2,1H3/t10-/m1/s1. The van der Waals surface area contributed by atoms with Gasteiger partial charge in [-0.15, -0.1) is 0 Å². The fourth-order valence-electron chi connectivity index (χ4n) is 2.05. The van der Waals surface area contributed by atoms with E-state index >= 15 is 0 Å². The van der Waals surface area contributed by atoms with Crippen LogP contribution in [0.3, 0.4) is 0 Å². The van der Waals surface area contributed by atoms with Crippen molar-refractivity contribution in [2.24, 2.45) is 0 Å². The Hall–Kier alpha value is -1.79. The molecular formula is C14H14BrN5. The maximum atomic E-state index is 4.34. The number of halogens is 1. The minimum Gasteiger partial charge on any atom is -0.305 e. The first-order valence-electron chi connectivity index (χ1n) is 6.35. The van der Waals surface area contributed by atoms with Crippen molar-refractivity contribution in [3.63, 3.8) is 0 Å². The van der Waals surface area contributed by atoms with E-state index in [4.69, 9.17) is 0 Å². The molecule has 0 bridgehead atoms. The third kappa shape index (κ3) is 2.71. The topological polar surface area (TPSA) is 55.1 Å². The molecule has 0 aliphatic carbocycles. The van der Waals surface area contributed by atoms with Gasteiger partial charge in [0, 0.05) is 31.2 Å². The first-order valence-corrected chi connectivity index (χ1v) is 7.14. The molecule has 5 nitrogen and oxygen atoms in total. The van der Waals surface area contributed by atoms with Crippen LogP contribution in [0, 0.1) is 0 Å². The van der Waals surface area contributed by atoms with Crippen LogP contribution in [-0.2, 0) is 6.54 Å². The summed E-state index contributed by atoms with van der Waals surface area (Å²) >= 11 is 3.38. The number of nitrogens with one attached hydrogen (secondary N) is 1. The highest BCUT2D eigenvalue weighted by Gasteiger charge is 2.08. The fourth-order valence-corrected chi connectivity index (χ4v) is 2.36. The van der Waals surface area contributed by atoms with Crippen LogP contribution in [0.15, 0.2) is 47.7 Å². The summed E-state index contributed by atoms with van der Waals surface area (Å²) in [6.45, 7) is 2.85. The van der Waals surface area contributed by atoms with Gasteiger partial charge in [-0.05, 0) is 34.5 Å². The number of nitrogens with zero attached hydrogens (tertiary/aromatic N) is 4. The van der Waals surface area contributed by atoms with Crippen LogP contribution in [0.1, 0.15) is 24.2 Å². The van der Waals surface area contributed by atoms with Crippen LogP contribution in [0.5, 0.6) is 0 Å². The van der Waals surface area contributed by atoms with Crippen molar-refractivity contribution < 1.29 is 0 Å². The van der Waals surface area contributed by atoms with Gasteiger partial charge < -0.3 is 5.32 Å². The summed E-state index contributed by atoms with van der Waals surface area (Å²) in [4.78, 5) is 12.6. The Morgan fingerprint density at radius 2 is 2.20 bits per heavy atom. The molecule has 0 radical (unpaired) electrons. The van der Waals surface area contributed by atoms with E-state index < -0.39 is 0 Å². The van der Waals surface area contributed by atoms with Crippen molar-refractivity contribution in [3.8, 4) is 0 Å². The molecule has 1 atom stereocenters. The molecule has 3 heterocycles. The van der Waals surface area contributed by atoms with E-state index in [1.54, 1.807) is 12.4 Å². The van der Waals surface area contributed by atoms with Crippen LogP contribution in [0.4, 0.5) is 0 Å². The maximum absolute atomic E-state index is 4.34. The van der Waals surface area contributed by atoms with Gasteiger partial charge in [-0.1, -0.05) is 6.07 Å². The summed E-state index contributed by atoms with van der Waals surface area (Å²) in [6, 6.07) is 4.25. The van der Waals surface area contributed by atoms with Crippen molar-refractivity contribution in [1.82, 2.24) is 24.7 Å². The molecule has 0 saturated heterocycles. The first kappa shape index (κ1) is 13.2. The highest BCUT2D eigenvalue weighted by Crippen LogP contribution is 2.13. The van der Waals surface area contributed by atoms with Crippen molar-refractivity contribution in [2.45, 2.75) is 19.5 Å². The molecule has 20 heavy (non-hydrogen) atoms. The molecule has 0 aliphatic rings. The molecule has 0 fully saturated rings. The van der Waals surface area contributed by atoms with Gasteiger partial charge in [0.25, 0.3) is 0 Å². The van der Waals surface area contributed by atoms with E-state index in [1.807, 2.05) is 29.1 Å². The van der Waals surface area contributed by atoms with Gasteiger partial charge >= 0.3 is 0 Å². The second-order valence-electron chi connectivity index (χ2n) is 4.58. The first-order chi connectivity index (χ1) is 9.74. The SMILES string of the molecule is C[C@@H](NCc1cnc2cnc(Br)cn12)c1cccnc1. The highest BCUT2D eigenvalue weighted by atomic mass is 79.9. The lowest BCUT2D eigenvalue weighted by atomic mass is 10.1. The number of rotatable bonds is 4. The second-order valence-corrected chi connectivity index (χ2v) is 5.39. The average Bonchev–Trinajstić information content (AvgIpc) is 2.88. The molecule has 3 aromatic heterocycles. The van der Waals surface area contributed by atoms with Gasteiger partial charge in [-0.3, -0.25) is 9.38 Å². The normalized spacial score (nSPS) is 12.7. The summed E-state index contributed by atoms with van der Waals surface area (Å²) in [5, 5.41) is 3.48. The Bertz CT molecular complexity index is 710. The number of fused-ring (bicyclic) bond motifs is 1. The van der Waals surface area contributed by atoms with Crippen molar-refractivity contribution in [1.29, 1.82) is 0 Å². The summed E-state index contributed by atoms with van der Waals surface area (Å²) in [7, 11) is 0. The summed E-state index contributed by atoms with van der Waals surface area (Å²) < 4.78 is 2.82. The summed E-state index contributed by atoms with van der Waals surface area (Å²) in [5.41, 5.74) is 3.11. The predicted octanol–water partition coefficient (Wildman–Crippen LogP) is 2.74. The number of hydrogen-bond acceptors (Lipinski definition) is 4. The third-order valence-corrected chi connectivity index (χ3v) is 3.62. The van der Waals surface area contributed by atoms with Crippen LogP contribution >= 0.6 is 15.9 Å². The molecule has 1 N–H and O–H groups in total. The molecule has 102 valence electrons. The minimum absolute atomic E-state index is 0.236. The van der Waals surface area contributed by atoms with Crippen LogP contribution in [0.2, 0.25) is 0 Å². The smallest absolute Gasteiger partial charge is 0.155 e. The lowest BCUT2D eigenvalue weighted by Gasteiger charge is -2.13. The van der Waals surface area contributed by atoms with Gasteiger partial charge in [0.1, 0.15) is 4.60 Å². The number of imidazole rings is 1. The monoisotopic (exact) mass is 331 g/mol. The molecule has 0 aromatic carbocycles. The van der Waals surface area contributed by atoms with Gasteiger partial charge in [0.15, 0.2) is 5.65 Å². The van der Waals surface area contributed by atoms with E-state index in [0.717, 1.165) is 22.5 Å². The third-order valence-electron chi connectivity index (χ3n) is 3.21. The maximum Gasteiger partial charge on any atom is 0.155 e. The van der Waals surface area contributed by atoms with E-state index in [1.165, 1.54) is 5.56 Å². The van der Waals surface area contributed by atoms with Crippen LogP contribution in [0.25, 0.3) is 5.65 Å². The quantitative estimate of drug-likeness (QED) is 0.798. The summed E-state index contributed by atoms with van der Waals surface area (Å²) in [6.07, 6.45) is 9.20. The predicted molar refractivity (Wildman–Crippen MR) is 80.2 cm³/mol. The van der Waals surface area contributed by atoms with E-state index in [-0.39, 0.29) is 6.04 Å². The number of pyridine rings is 1. The zero-order chi connectivity index (χ0) is 13.9. The van der Waals surface area contributed by atoms with Gasteiger partial charge in [-0.2, -0.15) is 0 Å². The van der Waals surface area contributed by atoms with Gasteiger partial charge in [0.2, 0.25) is 0 Å². The van der Waals surface area contributed by atoms with Crippen molar-refractivity contribution in [2.75, 3.05) is 0 Å². The molecule has 0 aliphatic heterocycles. The van der Waals surface area contributed by atoms with E-state index in [9.17, 15) is 0 Å². The fraction of sp³-hybridized carbons (Fsp3) is 0.214. The molecule has 0 saturated carbocycles. The zero-order valence-corrected chi connectivity index (χ0v) is 12.6. The Morgan fingerprint density at radius 3 is 3.00 bits per heavy atom. The lowest BCUT2D eigenvalue weighted by molar-refractivity contribution is 0.564. The average molecular weight is 332 g/mol. The molecule has 0 unspecified atom stereocenters. The number of hydrogen-bond donors (Lipinski definition) is 1. The molecule has 6 heteroatoms. The Morgan fingerprint density at radius 1 is 1.30 bits per heavy atom. The van der Waals surface area contributed by atoms with Gasteiger partial charge in [0.05, 0.1) is 18.1 Å². The molecule has 3 rings (SSSR count). The number of aromatic nitrogens is 4. The highest BCUT2D eigenvalue weighted by molar-refractivity contribution is 9.10. The van der Waals surface area contributed by atoms with Crippen molar-refractivity contribution in [3.05, 3.63) is 59.0 Å². The Kier molecular flexibility index (Phi) is 3.75. The Balaban J connectivity index is 1.75. The minimum atomic E-state index is 0.236. The Labute approximate surface area is 125 Å². The van der Waals surface area contributed by atoms with Gasteiger partial charge in [-0.25, -0.2) is 9.97 Å². The van der Waals surface area contributed by atoms with E-state index in [2.05, 4.69) is 49.2 Å².